The van der Waals surface area contributed by atoms with E-state index in [1.807, 2.05) is 50.4 Å². The second-order valence-electron chi connectivity index (χ2n) is 8.69. The maximum absolute atomic E-state index is 9.84. The Hall–Kier alpha value is -4.83. The zero-order valence-corrected chi connectivity index (χ0v) is 20.3. The Balaban J connectivity index is 1.48. The number of aliphatic hydroxyl groups excluding tert-OH is 1. The van der Waals surface area contributed by atoms with Crippen molar-refractivity contribution in [2.75, 3.05) is 10.6 Å². The fourth-order valence-electron chi connectivity index (χ4n) is 4.57. The summed E-state index contributed by atoms with van der Waals surface area (Å²) in [4.78, 5) is 22.7. The summed E-state index contributed by atoms with van der Waals surface area (Å²) in [7, 11) is 1.98. The number of rotatable bonds is 6. The third-order valence-electron chi connectivity index (χ3n) is 6.26. The van der Waals surface area contributed by atoms with Gasteiger partial charge in [-0.15, -0.1) is 0 Å². The third kappa shape index (κ3) is 4.03. The smallest absolute Gasteiger partial charge is 0.323 e. The summed E-state index contributed by atoms with van der Waals surface area (Å²) >= 11 is 0. The molecule has 1 aromatic carbocycles. The van der Waals surface area contributed by atoms with Gasteiger partial charge in [-0.1, -0.05) is 24.8 Å². The maximum atomic E-state index is 9.84. The van der Waals surface area contributed by atoms with Crippen LogP contribution in [0.3, 0.4) is 0 Å². The molecular formula is C27H24N8O2. The van der Waals surface area contributed by atoms with E-state index in [-0.39, 0.29) is 6.01 Å². The number of nitrogens with one attached hydrogen (secondary N) is 2. The van der Waals surface area contributed by atoms with Crippen molar-refractivity contribution >= 4 is 22.5 Å². The van der Waals surface area contributed by atoms with E-state index in [1.54, 1.807) is 18.6 Å². The first-order valence-corrected chi connectivity index (χ1v) is 11.7. The maximum Gasteiger partial charge on any atom is 0.323 e. The molecule has 0 aliphatic carbocycles. The molecule has 1 unspecified atom stereocenters. The lowest BCUT2D eigenvalue weighted by Gasteiger charge is -2.13. The molecule has 0 saturated carbocycles. The normalized spacial score (nSPS) is 12.8. The van der Waals surface area contributed by atoms with Crippen molar-refractivity contribution in [2.45, 2.75) is 19.7 Å². The van der Waals surface area contributed by atoms with E-state index in [1.165, 1.54) is 6.08 Å². The fourth-order valence-corrected chi connectivity index (χ4v) is 4.57. The van der Waals surface area contributed by atoms with Crippen molar-refractivity contribution in [1.29, 1.82) is 0 Å². The molecule has 1 atom stereocenters. The van der Waals surface area contributed by atoms with E-state index in [4.69, 9.17) is 9.72 Å². The molecule has 0 spiro atoms. The summed E-state index contributed by atoms with van der Waals surface area (Å²) in [6.07, 6.45) is 3.95. The van der Waals surface area contributed by atoms with Gasteiger partial charge in [0, 0.05) is 41.8 Å². The number of nitrogens with zero attached hydrogens (tertiary/aromatic N) is 6. The van der Waals surface area contributed by atoms with Gasteiger partial charge < -0.3 is 25.0 Å². The van der Waals surface area contributed by atoms with Crippen LogP contribution in [0.25, 0.3) is 33.4 Å². The van der Waals surface area contributed by atoms with Crippen LogP contribution < -0.4 is 15.4 Å². The number of anilines is 2. The number of ether oxygens (including phenoxy) is 1. The minimum Gasteiger partial charge on any atom is -0.405 e. The summed E-state index contributed by atoms with van der Waals surface area (Å²) in [6, 6.07) is 13.6. The van der Waals surface area contributed by atoms with Crippen molar-refractivity contribution in [3.8, 4) is 34.3 Å². The molecule has 1 aliphatic rings. The van der Waals surface area contributed by atoms with Crippen molar-refractivity contribution in [2.24, 2.45) is 7.05 Å². The van der Waals surface area contributed by atoms with Crippen LogP contribution in [-0.4, -0.2) is 40.8 Å². The molecule has 184 valence electrons. The Morgan fingerprint density at radius 1 is 1.14 bits per heavy atom. The van der Waals surface area contributed by atoms with Gasteiger partial charge in [-0.25, -0.2) is 19.9 Å². The molecule has 5 aromatic rings. The first kappa shape index (κ1) is 22.6. The number of aliphatic hydroxyl groups is 1. The van der Waals surface area contributed by atoms with Crippen LogP contribution in [-0.2, 0) is 13.6 Å². The highest BCUT2D eigenvalue weighted by Crippen LogP contribution is 2.45. The number of pyridine rings is 1. The fraction of sp³-hybridized carbons (Fsp3) is 0.148. The Morgan fingerprint density at radius 3 is 2.76 bits per heavy atom. The average molecular weight is 493 g/mol. The van der Waals surface area contributed by atoms with E-state index < -0.39 is 6.23 Å². The molecule has 0 fully saturated rings. The summed E-state index contributed by atoms with van der Waals surface area (Å²) < 4.78 is 7.91. The molecule has 1 aliphatic heterocycles. The molecule has 6 rings (SSSR count). The SMILES string of the molecule is C=CC(O)Nc1ccc(-c2c3c4c(ncnc4n2C)NCc2nc(Oc4cccc(C)n4)ncc2-3)cc1. The third-order valence-corrected chi connectivity index (χ3v) is 6.26. The van der Waals surface area contributed by atoms with Gasteiger partial charge in [0.1, 0.15) is 24.0 Å². The van der Waals surface area contributed by atoms with Crippen molar-refractivity contribution in [3.05, 3.63) is 79.0 Å². The summed E-state index contributed by atoms with van der Waals surface area (Å²) in [5, 5.41) is 17.1. The van der Waals surface area contributed by atoms with Gasteiger partial charge in [0.2, 0.25) is 5.88 Å². The molecule has 0 amide bonds. The van der Waals surface area contributed by atoms with E-state index in [0.717, 1.165) is 56.3 Å². The number of hydrogen-bond donors (Lipinski definition) is 3. The zero-order valence-electron chi connectivity index (χ0n) is 20.3. The van der Waals surface area contributed by atoms with Gasteiger partial charge in [0.05, 0.1) is 23.3 Å². The summed E-state index contributed by atoms with van der Waals surface area (Å²) in [6.45, 7) is 5.95. The Kier molecular flexibility index (Phi) is 5.50. The number of aryl methyl sites for hydroxylation is 2. The van der Waals surface area contributed by atoms with Crippen molar-refractivity contribution < 1.29 is 9.84 Å². The average Bonchev–Trinajstić information content (AvgIpc) is 3.10. The molecule has 10 nitrogen and oxygen atoms in total. The van der Waals surface area contributed by atoms with Crippen molar-refractivity contribution in [1.82, 2.24) is 29.5 Å². The van der Waals surface area contributed by atoms with Gasteiger partial charge in [-0.3, -0.25) is 0 Å². The first-order chi connectivity index (χ1) is 18.0. The molecule has 37 heavy (non-hydrogen) atoms. The van der Waals surface area contributed by atoms with E-state index in [2.05, 4.69) is 41.7 Å². The van der Waals surface area contributed by atoms with Gasteiger partial charge in [-0.05, 0) is 36.8 Å². The van der Waals surface area contributed by atoms with Crippen LogP contribution in [0.1, 0.15) is 11.4 Å². The highest BCUT2D eigenvalue weighted by molar-refractivity contribution is 6.09. The molecule has 3 N–H and O–H groups in total. The molecule has 4 aromatic heterocycles. The lowest BCUT2D eigenvalue weighted by atomic mass is 9.99. The van der Waals surface area contributed by atoms with Gasteiger partial charge in [0.25, 0.3) is 0 Å². The quantitative estimate of drug-likeness (QED) is 0.233. The summed E-state index contributed by atoms with van der Waals surface area (Å²) in [5.41, 5.74) is 6.93. The topological polar surface area (TPSA) is 123 Å². The van der Waals surface area contributed by atoms with E-state index in [9.17, 15) is 5.11 Å². The van der Waals surface area contributed by atoms with Gasteiger partial charge in [-0.2, -0.15) is 4.98 Å². The molecule has 0 bridgehead atoms. The standard InChI is InChI=1S/C27H24N8O2/c1-4-20(36)33-17-10-8-16(9-11-17)24-22-18-12-29-27(37-21-7-5-6-15(2)32-21)34-19(18)13-28-25-23(22)26(35(24)3)31-14-30-25/h4-12,14,20,33,36H,1,13H2,2-3H3,(H,28,30,31). The van der Waals surface area contributed by atoms with Crippen LogP contribution in [0.15, 0.2) is 67.6 Å². The number of aromatic nitrogens is 6. The van der Waals surface area contributed by atoms with E-state index in [0.29, 0.717) is 12.4 Å². The second-order valence-corrected chi connectivity index (χ2v) is 8.69. The van der Waals surface area contributed by atoms with Crippen LogP contribution in [0.5, 0.6) is 11.9 Å². The molecule has 5 heterocycles. The highest BCUT2D eigenvalue weighted by Gasteiger charge is 2.27. The molecule has 0 saturated heterocycles. The van der Waals surface area contributed by atoms with Crippen molar-refractivity contribution in [3.63, 3.8) is 0 Å². The lowest BCUT2D eigenvalue weighted by Crippen LogP contribution is -2.14. The Bertz CT molecular complexity index is 1650. The molecule has 10 heteroatoms. The molecular weight excluding hydrogens is 468 g/mol. The minimum atomic E-state index is -0.826. The van der Waals surface area contributed by atoms with Crippen LogP contribution in [0, 0.1) is 6.92 Å². The predicted octanol–water partition coefficient (Wildman–Crippen LogP) is 4.43. The van der Waals surface area contributed by atoms with Crippen LogP contribution >= 0.6 is 0 Å². The second kappa shape index (κ2) is 8.99. The number of fused-ring (bicyclic) bond motifs is 2. The van der Waals surface area contributed by atoms with Crippen LogP contribution in [0.4, 0.5) is 11.5 Å². The largest absolute Gasteiger partial charge is 0.405 e. The van der Waals surface area contributed by atoms with Gasteiger partial charge in [0.15, 0.2) is 0 Å². The van der Waals surface area contributed by atoms with Gasteiger partial charge >= 0.3 is 6.01 Å². The highest BCUT2D eigenvalue weighted by atomic mass is 16.5. The lowest BCUT2D eigenvalue weighted by molar-refractivity contribution is 0.253. The number of hydrogen-bond acceptors (Lipinski definition) is 9. The predicted molar refractivity (Wildman–Crippen MR) is 141 cm³/mol. The first-order valence-electron chi connectivity index (χ1n) is 11.7. The minimum absolute atomic E-state index is 0.223. The monoisotopic (exact) mass is 492 g/mol. The summed E-state index contributed by atoms with van der Waals surface area (Å²) in [5.74, 6) is 1.17. The Labute approximate surface area is 212 Å². The molecule has 0 radical (unpaired) electrons. The zero-order chi connectivity index (χ0) is 25.5. The Morgan fingerprint density at radius 2 is 1.97 bits per heavy atom. The van der Waals surface area contributed by atoms with Crippen LogP contribution in [0.2, 0.25) is 0 Å². The number of benzene rings is 1. The van der Waals surface area contributed by atoms with E-state index >= 15 is 0 Å².